The Bertz CT molecular complexity index is 5240. The van der Waals surface area contributed by atoms with E-state index in [1.54, 1.807) is 188 Å². The van der Waals surface area contributed by atoms with Crippen LogP contribution in [0.1, 0.15) is 152 Å². The van der Waals surface area contributed by atoms with Gasteiger partial charge in [-0.1, -0.05) is 57.9 Å². The monoisotopic (exact) mass is 1730 g/mol. The van der Waals surface area contributed by atoms with E-state index in [1.165, 1.54) is 36.7 Å². The maximum atomic E-state index is 14.9. The molecule has 1 aliphatic heterocycles. The number of anilines is 3. The summed E-state index contributed by atoms with van der Waals surface area (Å²) >= 11 is 5.78. The van der Waals surface area contributed by atoms with Crippen molar-refractivity contribution in [3.63, 3.8) is 0 Å². The van der Waals surface area contributed by atoms with Crippen LogP contribution in [0.25, 0.3) is 34.0 Å². The van der Waals surface area contributed by atoms with Crippen molar-refractivity contribution in [1.82, 2.24) is 30.4 Å². The van der Waals surface area contributed by atoms with Gasteiger partial charge in [-0.25, -0.2) is 47.3 Å². The maximum Gasteiger partial charge on any atom is 1.00 e. The number of nitrogens with two attached hydrogens (primary N) is 1. The second-order valence-corrected chi connectivity index (χ2v) is 32.2. The molecule has 0 unspecified atom stereocenters. The number of hydrogen-bond donors (Lipinski definition) is 2. The fraction of sp³-hybridized carbons (Fsp3) is 0.333. The third-order valence-electron chi connectivity index (χ3n) is 17.1. The number of carbonyl (C=O) groups excluding carboxylic acids is 4. The normalized spacial score (nSPS) is 12.7. The smallest absolute Gasteiger partial charge is 1.00 e. The summed E-state index contributed by atoms with van der Waals surface area (Å²) in [6.45, 7) is 28.6. The Morgan fingerprint density at radius 1 is 0.479 bits per heavy atom. The SMILES string of the molecule is CC(C)(C)OC(=O)N(C(=O)OC(C)(C)C)c1ncccc1-c1cc(CCl)no1.COc1ccc(COc2ccc(B3OC(C)(C)C(C)(C)O3)cc2F)cc1.COc1ccc(COc2ccc(Cc3cc(-c4cccnc4N(C(=O)OC(C)(C)C)C(=O)OC(C)(C)C)on3)cc2F)cc1.Cl.Nc1ncccc1-c1cc(Cc2ccc(O)c(F)c2)no1.[H-].[K+]. The molecule has 3 N–H and O–H groups in total. The second kappa shape index (κ2) is 42.3. The molecule has 34 heteroatoms. The molecule has 11 aromatic rings. The third kappa shape index (κ3) is 28.3. The molecule has 0 aliphatic carbocycles. The largest absolute Gasteiger partial charge is 1.00 e. The molecule has 1 fully saturated rings. The van der Waals surface area contributed by atoms with Gasteiger partial charge in [-0.15, -0.1) is 24.0 Å². The Kier molecular flexibility index (Phi) is 34.1. The molecule has 0 saturated carbocycles. The zero-order chi connectivity index (χ0) is 87.0. The van der Waals surface area contributed by atoms with Crippen molar-refractivity contribution in [3.8, 4) is 62.7 Å². The van der Waals surface area contributed by atoms with Crippen LogP contribution in [-0.4, -0.2) is 115 Å². The maximum absolute atomic E-state index is 14.9. The van der Waals surface area contributed by atoms with Crippen LogP contribution in [0.4, 0.5) is 49.8 Å². The number of nitrogen functional groups attached to an aromatic ring is 1. The fourth-order valence-corrected chi connectivity index (χ4v) is 10.9. The first kappa shape index (κ1) is 97.6. The molecule has 1 saturated heterocycles. The van der Waals surface area contributed by atoms with E-state index in [1.807, 2.05) is 76.2 Å². The summed E-state index contributed by atoms with van der Waals surface area (Å²) < 4.78 is 114. The van der Waals surface area contributed by atoms with Gasteiger partial charge in [0.2, 0.25) is 0 Å². The number of pyridine rings is 3. The van der Waals surface area contributed by atoms with E-state index in [0.717, 1.165) is 32.4 Å². The van der Waals surface area contributed by atoms with Crippen molar-refractivity contribution in [2.75, 3.05) is 29.8 Å². The van der Waals surface area contributed by atoms with E-state index in [-0.39, 0.29) is 125 Å². The molecule has 638 valence electrons. The van der Waals surface area contributed by atoms with E-state index < -0.39 is 82.5 Å². The molecule has 0 spiro atoms. The molecule has 1 aliphatic rings. The summed E-state index contributed by atoms with van der Waals surface area (Å²) in [4.78, 5) is 66.0. The van der Waals surface area contributed by atoms with Crippen LogP contribution in [0.3, 0.4) is 0 Å². The van der Waals surface area contributed by atoms with Gasteiger partial charge in [0.1, 0.15) is 52.9 Å². The van der Waals surface area contributed by atoms with Gasteiger partial charge in [-0.3, -0.25) is 0 Å². The summed E-state index contributed by atoms with van der Waals surface area (Å²) in [5.74, 6) is 1.33. The Hall–Kier alpha value is -10.5. The van der Waals surface area contributed by atoms with E-state index >= 15 is 0 Å². The van der Waals surface area contributed by atoms with E-state index in [4.69, 9.17) is 83.2 Å². The van der Waals surface area contributed by atoms with Crippen LogP contribution in [0, 0.1) is 17.5 Å². The number of ether oxygens (including phenoxy) is 8. The molecule has 5 aromatic carbocycles. The van der Waals surface area contributed by atoms with E-state index in [0.29, 0.717) is 74.1 Å². The number of hydrogen-bond acceptors (Lipinski definition) is 25. The summed E-state index contributed by atoms with van der Waals surface area (Å²) in [6.07, 6.45) is 1.34. The number of alkyl halides is 1. The van der Waals surface area contributed by atoms with Crippen LogP contribution in [0.15, 0.2) is 190 Å². The van der Waals surface area contributed by atoms with Gasteiger partial charge in [-0.2, -0.15) is 9.80 Å². The van der Waals surface area contributed by atoms with Crippen LogP contribution in [0.2, 0.25) is 0 Å². The van der Waals surface area contributed by atoms with Gasteiger partial charge >= 0.3 is 82.9 Å². The summed E-state index contributed by atoms with van der Waals surface area (Å²) in [7, 11) is 2.61. The minimum absolute atomic E-state index is 0. The number of nitrogens with zero attached hydrogens (tertiary/aromatic N) is 8. The van der Waals surface area contributed by atoms with Crippen molar-refractivity contribution >= 4 is 78.4 Å². The average Bonchev–Trinajstić information content (AvgIpc) is 1.59. The van der Waals surface area contributed by atoms with Crippen molar-refractivity contribution in [3.05, 3.63) is 233 Å². The van der Waals surface area contributed by atoms with E-state index in [9.17, 15) is 32.3 Å². The zero-order valence-electron chi connectivity index (χ0n) is 71.8. The molecule has 12 rings (SSSR count). The van der Waals surface area contributed by atoms with Gasteiger partial charge in [0.15, 0.2) is 63.6 Å². The molecule has 27 nitrogen and oxygen atoms in total. The molecule has 0 bridgehead atoms. The minimum atomic E-state index is -0.962. The first-order valence-electron chi connectivity index (χ1n) is 37.5. The predicted molar refractivity (Wildman–Crippen MR) is 448 cm³/mol. The van der Waals surface area contributed by atoms with Gasteiger partial charge < -0.3 is 73.0 Å². The summed E-state index contributed by atoms with van der Waals surface area (Å²) in [5, 5.41) is 21.1. The molecule has 6 aromatic heterocycles. The van der Waals surface area contributed by atoms with Gasteiger partial charge in [0, 0.05) is 49.6 Å². The molecule has 121 heavy (non-hydrogen) atoms. The number of halogens is 5. The van der Waals surface area contributed by atoms with Crippen molar-refractivity contribution in [2.45, 2.75) is 176 Å². The Morgan fingerprint density at radius 2 is 0.826 bits per heavy atom. The van der Waals surface area contributed by atoms with Gasteiger partial charge in [0.25, 0.3) is 0 Å². The molecule has 0 radical (unpaired) electrons. The number of phenolic OH excluding ortho intramolecular Hbond substituents is 1. The Morgan fingerprint density at radius 3 is 1.19 bits per heavy atom. The van der Waals surface area contributed by atoms with Crippen LogP contribution in [-0.2, 0) is 60.2 Å². The minimum Gasteiger partial charge on any atom is -1.00 e. The topological polar surface area (TPSA) is 330 Å². The number of phenols is 1. The quantitative estimate of drug-likeness (QED) is 0.0431. The number of aromatic nitrogens is 6. The number of amides is 4. The number of methoxy groups -OCH3 is 2. The van der Waals surface area contributed by atoms with Crippen LogP contribution in [0.5, 0.6) is 28.7 Å². The molecular weight excluding hydrogens is 1640 g/mol. The Balaban J connectivity index is 0.000000260. The number of benzene rings is 5. The first-order chi connectivity index (χ1) is 56.0. The molecular formula is C87H98BCl2F3KN9O18. The number of imide groups is 2. The van der Waals surface area contributed by atoms with Crippen molar-refractivity contribution in [1.29, 1.82) is 0 Å². The Labute approximate surface area is 755 Å². The summed E-state index contributed by atoms with van der Waals surface area (Å²) in [5.41, 5.74) is 8.13. The van der Waals surface area contributed by atoms with Gasteiger partial charge in [-0.05, 0) is 236 Å². The second-order valence-electron chi connectivity index (χ2n) is 31.9. The average molecular weight is 1740 g/mol. The number of rotatable bonds is 19. The molecule has 0 atom stereocenters. The van der Waals surface area contributed by atoms with E-state index in [2.05, 4.69) is 30.4 Å². The summed E-state index contributed by atoms with van der Waals surface area (Å²) in [6, 6.07) is 43.5. The third-order valence-corrected chi connectivity index (χ3v) is 17.4. The zero-order valence-corrected chi connectivity index (χ0v) is 75.5. The number of aromatic hydroxyl groups is 1. The predicted octanol–water partition coefficient (Wildman–Crippen LogP) is 16.9. The fourth-order valence-electron chi connectivity index (χ4n) is 10.8. The van der Waals surface area contributed by atoms with Gasteiger partial charge in [0.05, 0.1) is 65.1 Å². The van der Waals surface area contributed by atoms with Crippen molar-refractivity contribution in [2.24, 2.45) is 0 Å². The van der Waals surface area contributed by atoms with Crippen LogP contribution >= 0.6 is 24.0 Å². The molecule has 7 heterocycles. The van der Waals surface area contributed by atoms with Crippen molar-refractivity contribution < 1.29 is 151 Å². The first-order valence-corrected chi connectivity index (χ1v) is 38.0. The van der Waals surface area contributed by atoms with Crippen LogP contribution < -0.4 is 91.3 Å². The number of carbonyl (C=O) groups is 4. The standard InChI is InChI=1S/C33H36FN3O7.C20H24BFO4.C19H24ClN3O5.C15H12FN3O2.ClH.K.H/c1-32(2,3)42-30(38)37(31(39)43-33(4,5)6)29-25(9-8-16-35-29)28-19-23(36-44-28)17-22-12-15-27(26(34)18-22)41-20-21-10-13-24(40-7)14-11-21;1-19(2)20(3,4)26-21(25-19)15-8-11-18(17(22)12-15)24-13-14-6-9-16(23-5)10-7-14;1-18(2,3)26-16(24)23(17(25)27-19(4,5)6)15-13(8-7-9-21-15)14-10-12(11-20)22-28-14;16-12-7-9(3-4-13(12)20)6-10-8-14(21-19-10)11-2-1-5-18-15(11)17;;;/h8-16,18-19H,17,20H2,1-7H3;6-12H,13H2,1-5H3;7-10H,11H2,1-6H3;1-5,7-8,20H,6H2,(H2,17,18);1H;;/q;;;;;+1;-1. The molecule has 4 amide bonds.